The monoisotopic (exact) mass is 377 g/mol. The van der Waals surface area contributed by atoms with Gasteiger partial charge in [-0.3, -0.25) is 14.5 Å². The van der Waals surface area contributed by atoms with Gasteiger partial charge in [-0.25, -0.2) is 4.79 Å². The van der Waals surface area contributed by atoms with E-state index in [4.69, 9.17) is 9.47 Å². The Labute approximate surface area is 159 Å². The van der Waals surface area contributed by atoms with Gasteiger partial charge < -0.3 is 20.1 Å². The summed E-state index contributed by atoms with van der Waals surface area (Å²) in [7, 11) is 1.61. The molecule has 0 aromatic heterocycles. The van der Waals surface area contributed by atoms with Gasteiger partial charge in [-0.05, 0) is 51.0 Å². The van der Waals surface area contributed by atoms with E-state index in [0.29, 0.717) is 44.0 Å². The fraction of sp³-hybridized carbons (Fsp3) is 0.526. The number of hydrogen-bond donors (Lipinski definition) is 2. The molecule has 8 nitrogen and oxygen atoms in total. The van der Waals surface area contributed by atoms with Crippen LogP contribution in [-0.2, 0) is 19.1 Å². The molecule has 1 aliphatic heterocycles. The van der Waals surface area contributed by atoms with Gasteiger partial charge in [0, 0.05) is 37.6 Å². The normalized spacial score (nSPS) is 15.5. The maximum Gasteiger partial charge on any atom is 0.413 e. The Kier molecular flexibility index (Phi) is 7.60. The SMILES string of the molecule is CCOC(=O)N(C)c1ccc(NC(=O)[C@@H](C)NC(=O)C2CCOCC2)cc1. The highest BCUT2D eigenvalue weighted by atomic mass is 16.6. The molecule has 2 N–H and O–H groups in total. The maximum atomic E-state index is 12.3. The molecular weight excluding hydrogens is 350 g/mol. The molecule has 1 heterocycles. The van der Waals surface area contributed by atoms with Crippen LogP contribution in [0.4, 0.5) is 16.2 Å². The Hall–Kier alpha value is -2.61. The third kappa shape index (κ3) is 5.96. The molecule has 1 aromatic rings. The number of rotatable bonds is 6. The summed E-state index contributed by atoms with van der Waals surface area (Å²) in [4.78, 5) is 37.6. The van der Waals surface area contributed by atoms with Crippen LogP contribution in [0, 0.1) is 5.92 Å². The van der Waals surface area contributed by atoms with Crippen LogP contribution in [0.1, 0.15) is 26.7 Å². The first kappa shape index (κ1) is 20.7. The van der Waals surface area contributed by atoms with Gasteiger partial charge in [0.15, 0.2) is 0 Å². The fourth-order valence-corrected chi connectivity index (χ4v) is 2.70. The molecule has 0 aliphatic carbocycles. The van der Waals surface area contributed by atoms with E-state index < -0.39 is 12.1 Å². The summed E-state index contributed by atoms with van der Waals surface area (Å²) in [5.74, 6) is -0.527. The minimum Gasteiger partial charge on any atom is -0.449 e. The van der Waals surface area contributed by atoms with Crippen molar-refractivity contribution < 1.29 is 23.9 Å². The summed E-state index contributed by atoms with van der Waals surface area (Å²) < 4.78 is 10.2. The topological polar surface area (TPSA) is 97.0 Å². The van der Waals surface area contributed by atoms with Crippen molar-refractivity contribution in [1.29, 1.82) is 0 Å². The van der Waals surface area contributed by atoms with Crippen molar-refractivity contribution in [1.82, 2.24) is 5.32 Å². The molecule has 0 unspecified atom stereocenters. The highest BCUT2D eigenvalue weighted by Gasteiger charge is 2.24. The standard InChI is InChI=1S/C19H27N3O5/c1-4-27-19(25)22(3)16-7-5-15(6-8-16)21-17(23)13(2)20-18(24)14-9-11-26-12-10-14/h5-8,13-14H,4,9-12H2,1-3H3,(H,20,24)(H,21,23)/t13-/m1/s1. The van der Waals surface area contributed by atoms with Crippen LogP contribution in [0.25, 0.3) is 0 Å². The van der Waals surface area contributed by atoms with E-state index in [-0.39, 0.29) is 17.7 Å². The van der Waals surface area contributed by atoms with Crippen LogP contribution in [0.3, 0.4) is 0 Å². The molecule has 8 heteroatoms. The van der Waals surface area contributed by atoms with E-state index in [9.17, 15) is 14.4 Å². The van der Waals surface area contributed by atoms with Gasteiger partial charge in [-0.15, -0.1) is 0 Å². The summed E-state index contributed by atoms with van der Waals surface area (Å²) >= 11 is 0. The number of anilines is 2. The van der Waals surface area contributed by atoms with E-state index in [1.807, 2.05) is 0 Å². The van der Waals surface area contributed by atoms with Crippen LogP contribution in [-0.4, -0.2) is 50.8 Å². The van der Waals surface area contributed by atoms with Gasteiger partial charge in [0.2, 0.25) is 11.8 Å². The van der Waals surface area contributed by atoms with Crippen LogP contribution >= 0.6 is 0 Å². The number of nitrogens with zero attached hydrogens (tertiary/aromatic N) is 1. The van der Waals surface area contributed by atoms with Crippen LogP contribution in [0.15, 0.2) is 24.3 Å². The highest BCUT2D eigenvalue weighted by molar-refractivity contribution is 5.97. The number of carbonyl (C=O) groups is 3. The summed E-state index contributed by atoms with van der Waals surface area (Å²) in [6.07, 6.45) is 0.907. The van der Waals surface area contributed by atoms with Crippen LogP contribution < -0.4 is 15.5 Å². The minimum absolute atomic E-state index is 0.105. The zero-order valence-electron chi connectivity index (χ0n) is 16.0. The number of benzene rings is 1. The lowest BCUT2D eigenvalue weighted by Crippen LogP contribution is -2.45. The molecule has 2 rings (SSSR count). The van der Waals surface area contributed by atoms with Gasteiger partial charge in [0.25, 0.3) is 0 Å². The number of hydrogen-bond acceptors (Lipinski definition) is 5. The Morgan fingerprint density at radius 1 is 1.22 bits per heavy atom. The lowest BCUT2D eigenvalue weighted by Gasteiger charge is -2.23. The Balaban J connectivity index is 1.87. The predicted octanol–water partition coefficient (Wildman–Crippen LogP) is 2.15. The van der Waals surface area contributed by atoms with Crippen LogP contribution in [0.5, 0.6) is 0 Å². The van der Waals surface area contributed by atoms with Gasteiger partial charge in [0.05, 0.1) is 6.61 Å². The van der Waals surface area contributed by atoms with E-state index >= 15 is 0 Å². The smallest absolute Gasteiger partial charge is 0.413 e. The molecule has 1 saturated heterocycles. The highest BCUT2D eigenvalue weighted by Crippen LogP contribution is 2.18. The molecule has 0 saturated carbocycles. The lowest BCUT2D eigenvalue weighted by molar-refractivity contribution is -0.131. The Morgan fingerprint density at radius 3 is 2.44 bits per heavy atom. The average molecular weight is 377 g/mol. The summed E-state index contributed by atoms with van der Waals surface area (Å²) in [6.45, 7) is 4.84. The molecule has 3 amide bonds. The largest absolute Gasteiger partial charge is 0.449 e. The lowest BCUT2D eigenvalue weighted by atomic mass is 9.99. The first-order valence-corrected chi connectivity index (χ1v) is 9.12. The summed E-state index contributed by atoms with van der Waals surface area (Å²) in [5, 5.41) is 5.51. The number of nitrogens with one attached hydrogen (secondary N) is 2. The fourth-order valence-electron chi connectivity index (χ4n) is 2.70. The van der Waals surface area contributed by atoms with Crippen molar-refractivity contribution in [2.45, 2.75) is 32.7 Å². The van der Waals surface area contributed by atoms with Crippen molar-refractivity contribution in [2.24, 2.45) is 5.92 Å². The third-order valence-electron chi connectivity index (χ3n) is 4.41. The molecule has 148 valence electrons. The third-order valence-corrected chi connectivity index (χ3v) is 4.41. The molecule has 1 aromatic carbocycles. The molecule has 1 fully saturated rings. The number of amides is 3. The van der Waals surface area contributed by atoms with Crippen molar-refractivity contribution >= 4 is 29.3 Å². The first-order chi connectivity index (χ1) is 12.9. The molecule has 1 aliphatic rings. The van der Waals surface area contributed by atoms with Gasteiger partial charge in [-0.1, -0.05) is 0 Å². The molecule has 1 atom stereocenters. The minimum atomic E-state index is -0.651. The maximum absolute atomic E-state index is 12.3. The summed E-state index contributed by atoms with van der Waals surface area (Å²) in [5.41, 5.74) is 1.22. The second-order valence-corrected chi connectivity index (χ2v) is 6.41. The quantitative estimate of drug-likeness (QED) is 0.792. The van der Waals surface area contributed by atoms with Gasteiger partial charge in [0.1, 0.15) is 6.04 Å². The predicted molar refractivity (Wildman–Crippen MR) is 102 cm³/mol. The Morgan fingerprint density at radius 2 is 1.85 bits per heavy atom. The molecule has 27 heavy (non-hydrogen) atoms. The van der Waals surface area contributed by atoms with Gasteiger partial charge >= 0.3 is 6.09 Å². The van der Waals surface area contributed by atoms with Crippen molar-refractivity contribution in [3.8, 4) is 0 Å². The molecule has 0 bridgehead atoms. The van der Waals surface area contributed by atoms with Gasteiger partial charge in [-0.2, -0.15) is 0 Å². The van der Waals surface area contributed by atoms with Crippen molar-refractivity contribution in [3.05, 3.63) is 24.3 Å². The van der Waals surface area contributed by atoms with Crippen LogP contribution in [0.2, 0.25) is 0 Å². The van der Waals surface area contributed by atoms with E-state index in [1.54, 1.807) is 45.2 Å². The molecular formula is C19H27N3O5. The summed E-state index contributed by atoms with van der Waals surface area (Å²) in [6, 6.07) is 6.14. The van der Waals surface area contributed by atoms with E-state index in [0.717, 1.165) is 0 Å². The second kappa shape index (κ2) is 9.91. The van der Waals surface area contributed by atoms with Crippen molar-refractivity contribution in [2.75, 3.05) is 37.1 Å². The zero-order chi connectivity index (χ0) is 19.8. The van der Waals surface area contributed by atoms with E-state index in [2.05, 4.69) is 10.6 Å². The average Bonchev–Trinajstić information content (AvgIpc) is 2.68. The Bertz CT molecular complexity index is 656. The zero-order valence-corrected chi connectivity index (χ0v) is 16.0. The molecule has 0 radical (unpaired) electrons. The first-order valence-electron chi connectivity index (χ1n) is 9.12. The molecule has 0 spiro atoms. The van der Waals surface area contributed by atoms with E-state index in [1.165, 1.54) is 4.90 Å². The number of ether oxygens (including phenoxy) is 2. The number of carbonyl (C=O) groups excluding carboxylic acids is 3. The second-order valence-electron chi connectivity index (χ2n) is 6.41. The van der Waals surface area contributed by atoms with Crippen molar-refractivity contribution in [3.63, 3.8) is 0 Å².